The van der Waals surface area contributed by atoms with E-state index in [0.717, 1.165) is 31.7 Å². The average molecular weight is 490 g/mol. The Bertz CT molecular complexity index is 600. The second-order valence-electron chi connectivity index (χ2n) is 7.37. The quantitative estimate of drug-likeness (QED) is 0.334. The van der Waals surface area contributed by atoms with Gasteiger partial charge in [0.05, 0.1) is 13.2 Å². The summed E-state index contributed by atoms with van der Waals surface area (Å²) in [5, 5.41) is 6.26. The Morgan fingerprint density at radius 2 is 2.00 bits per heavy atom. The molecule has 1 aromatic carbocycles. The highest BCUT2D eigenvalue weighted by atomic mass is 127. The largest absolute Gasteiger partial charge is 0.494 e. The van der Waals surface area contributed by atoms with E-state index in [1.807, 2.05) is 44.9 Å². The third-order valence-electron chi connectivity index (χ3n) is 3.54. The van der Waals surface area contributed by atoms with E-state index in [4.69, 9.17) is 4.74 Å². The first-order valence-electron chi connectivity index (χ1n) is 9.19. The lowest BCUT2D eigenvalue weighted by Crippen LogP contribution is -2.49. The molecule has 27 heavy (non-hydrogen) atoms. The molecule has 0 spiro atoms. The summed E-state index contributed by atoms with van der Waals surface area (Å²) in [6, 6.07) is 8.15. The van der Waals surface area contributed by atoms with Gasteiger partial charge in [-0.05, 0) is 51.3 Å². The van der Waals surface area contributed by atoms with Gasteiger partial charge in [-0.2, -0.15) is 0 Å². The average Bonchev–Trinajstić information content (AvgIpc) is 2.55. The summed E-state index contributed by atoms with van der Waals surface area (Å²) in [7, 11) is 3.58. The Morgan fingerprint density at radius 1 is 1.30 bits per heavy atom. The molecule has 0 radical (unpaired) electrons. The van der Waals surface area contributed by atoms with Crippen LogP contribution in [-0.4, -0.2) is 56.1 Å². The van der Waals surface area contributed by atoms with Gasteiger partial charge in [0.15, 0.2) is 5.96 Å². The molecule has 1 rings (SSSR count). The van der Waals surface area contributed by atoms with E-state index >= 15 is 0 Å². The zero-order valence-electron chi connectivity index (χ0n) is 17.5. The summed E-state index contributed by atoms with van der Waals surface area (Å²) < 4.78 is 5.67. The maximum Gasteiger partial charge on any atom is 0.240 e. The SMILES string of the molecule is CCCOc1cccc(CCNC(=NC)N(C)CC(=O)NC(C)(C)C)c1.I. The van der Waals surface area contributed by atoms with Gasteiger partial charge in [-0.1, -0.05) is 19.1 Å². The molecule has 0 fully saturated rings. The lowest BCUT2D eigenvalue weighted by Gasteiger charge is -2.25. The standard InChI is InChI=1S/C20H34N4O2.HI/c1-7-13-26-17-10-8-9-16(14-17)11-12-22-19(21-5)24(6)15-18(25)23-20(2,3)4;/h8-10,14H,7,11-13,15H2,1-6H3,(H,21,22)(H,23,25);1H. The number of rotatable bonds is 8. The molecule has 0 heterocycles. The summed E-state index contributed by atoms with van der Waals surface area (Å²) in [4.78, 5) is 18.1. The number of nitrogens with one attached hydrogen (secondary N) is 2. The fraction of sp³-hybridized carbons (Fsp3) is 0.600. The minimum absolute atomic E-state index is 0. The van der Waals surface area contributed by atoms with Crippen molar-refractivity contribution in [3.63, 3.8) is 0 Å². The van der Waals surface area contributed by atoms with Crippen LogP contribution in [0.1, 0.15) is 39.7 Å². The van der Waals surface area contributed by atoms with E-state index in [9.17, 15) is 4.79 Å². The van der Waals surface area contributed by atoms with Crippen LogP contribution in [0, 0.1) is 0 Å². The Labute approximate surface area is 181 Å². The maximum absolute atomic E-state index is 12.1. The van der Waals surface area contributed by atoms with Crippen LogP contribution in [0.4, 0.5) is 0 Å². The fourth-order valence-electron chi connectivity index (χ4n) is 2.46. The second kappa shape index (κ2) is 12.8. The molecule has 0 aliphatic heterocycles. The number of benzene rings is 1. The highest BCUT2D eigenvalue weighted by Crippen LogP contribution is 2.13. The Kier molecular flexibility index (Phi) is 12.1. The normalized spacial score (nSPS) is 11.4. The van der Waals surface area contributed by atoms with Gasteiger partial charge in [-0.25, -0.2) is 0 Å². The van der Waals surface area contributed by atoms with Gasteiger partial charge in [0, 0.05) is 26.2 Å². The molecule has 6 nitrogen and oxygen atoms in total. The number of aliphatic imine (C=N–C) groups is 1. The van der Waals surface area contributed by atoms with E-state index < -0.39 is 0 Å². The van der Waals surface area contributed by atoms with Gasteiger partial charge in [-0.3, -0.25) is 9.79 Å². The minimum Gasteiger partial charge on any atom is -0.494 e. The molecule has 0 saturated heterocycles. The monoisotopic (exact) mass is 490 g/mol. The summed E-state index contributed by atoms with van der Waals surface area (Å²) in [6.07, 6.45) is 1.85. The number of amides is 1. The predicted octanol–water partition coefficient (Wildman–Crippen LogP) is 3.06. The van der Waals surface area contributed by atoms with E-state index in [1.165, 1.54) is 5.56 Å². The number of guanidine groups is 1. The summed E-state index contributed by atoms with van der Waals surface area (Å²) in [5.41, 5.74) is 0.967. The topological polar surface area (TPSA) is 66.0 Å². The molecule has 0 aliphatic rings. The van der Waals surface area contributed by atoms with Crippen molar-refractivity contribution in [3.8, 4) is 5.75 Å². The highest BCUT2D eigenvalue weighted by molar-refractivity contribution is 14.0. The van der Waals surface area contributed by atoms with Gasteiger partial charge in [0.1, 0.15) is 5.75 Å². The van der Waals surface area contributed by atoms with Crippen molar-refractivity contribution in [1.82, 2.24) is 15.5 Å². The maximum atomic E-state index is 12.1. The van der Waals surface area contributed by atoms with E-state index in [2.05, 4.69) is 34.7 Å². The molecule has 0 unspecified atom stereocenters. The van der Waals surface area contributed by atoms with Crippen molar-refractivity contribution in [2.24, 2.45) is 4.99 Å². The van der Waals surface area contributed by atoms with Crippen LogP contribution in [-0.2, 0) is 11.2 Å². The first-order valence-corrected chi connectivity index (χ1v) is 9.19. The van der Waals surface area contributed by atoms with Gasteiger partial charge in [0.25, 0.3) is 0 Å². The van der Waals surface area contributed by atoms with Crippen LogP contribution in [0.25, 0.3) is 0 Å². The van der Waals surface area contributed by atoms with Gasteiger partial charge < -0.3 is 20.3 Å². The smallest absolute Gasteiger partial charge is 0.240 e. The molecule has 1 amide bonds. The highest BCUT2D eigenvalue weighted by Gasteiger charge is 2.16. The predicted molar refractivity (Wildman–Crippen MR) is 123 cm³/mol. The van der Waals surface area contributed by atoms with Crippen LogP contribution in [0.5, 0.6) is 5.75 Å². The van der Waals surface area contributed by atoms with Gasteiger partial charge in [0.2, 0.25) is 5.91 Å². The van der Waals surface area contributed by atoms with E-state index in [1.54, 1.807) is 7.05 Å². The zero-order valence-corrected chi connectivity index (χ0v) is 19.8. The molecule has 0 bridgehead atoms. The van der Waals surface area contributed by atoms with Crippen molar-refractivity contribution in [2.75, 3.05) is 33.8 Å². The Morgan fingerprint density at radius 3 is 2.59 bits per heavy atom. The number of hydrogen-bond donors (Lipinski definition) is 2. The van der Waals surface area contributed by atoms with Crippen molar-refractivity contribution in [1.29, 1.82) is 0 Å². The number of hydrogen-bond acceptors (Lipinski definition) is 3. The molecule has 0 atom stereocenters. The molecular formula is C20H35IN4O2. The van der Waals surface area contributed by atoms with Crippen molar-refractivity contribution < 1.29 is 9.53 Å². The molecular weight excluding hydrogens is 455 g/mol. The number of halogens is 1. The summed E-state index contributed by atoms with van der Waals surface area (Å²) >= 11 is 0. The summed E-state index contributed by atoms with van der Waals surface area (Å²) in [5.74, 6) is 1.58. The van der Waals surface area contributed by atoms with Crippen LogP contribution in [0.2, 0.25) is 0 Å². The van der Waals surface area contributed by atoms with Crippen LogP contribution in [0.15, 0.2) is 29.3 Å². The third-order valence-corrected chi connectivity index (χ3v) is 3.54. The number of nitrogens with zero attached hydrogens (tertiary/aromatic N) is 2. The lowest BCUT2D eigenvalue weighted by molar-refractivity contribution is -0.122. The number of ether oxygens (including phenoxy) is 1. The molecule has 0 aromatic heterocycles. The zero-order chi connectivity index (χ0) is 19.6. The second-order valence-corrected chi connectivity index (χ2v) is 7.37. The molecule has 0 aliphatic carbocycles. The van der Waals surface area contributed by atoms with Gasteiger partial charge >= 0.3 is 0 Å². The Balaban J connectivity index is 0.00000676. The van der Waals surface area contributed by atoms with Crippen LogP contribution in [0.3, 0.4) is 0 Å². The van der Waals surface area contributed by atoms with E-state index in [-0.39, 0.29) is 42.0 Å². The van der Waals surface area contributed by atoms with E-state index in [0.29, 0.717) is 5.96 Å². The van der Waals surface area contributed by atoms with Crippen molar-refractivity contribution in [3.05, 3.63) is 29.8 Å². The lowest BCUT2D eigenvalue weighted by atomic mass is 10.1. The molecule has 1 aromatic rings. The fourth-order valence-corrected chi connectivity index (χ4v) is 2.46. The van der Waals surface area contributed by atoms with Crippen LogP contribution < -0.4 is 15.4 Å². The number of carbonyl (C=O) groups is 1. The Hall–Kier alpha value is -1.51. The van der Waals surface area contributed by atoms with Crippen molar-refractivity contribution in [2.45, 2.75) is 46.1 Å². The third kappa shape index (κ3) is 11.0. The number of likely N-dealkylation sites (N-methyl/N-ethyl adjacent to an activating group) is 1. The molecule has 0 saturated carbocycles. The first-order chi connectivity index (χ1) is 12.2. The van der Waals surface area contributed by atoms with Gasteiger partial charge in [-0.15, -0.1) is 24.0 Å². The summed E-state index contributed by atoms with van der Waals surface area (Å²) in [6.45, 7) is 9.72. The van der Waals surface area contributed by atoms with Crippen molar-refractivity contribution >= 4 is 35.8 Å². The number of carbonyl (C=O) groups excluding carboxylic acids is 1. The molecule has 2 N–H and O–H groups in total. The van der Waals surface area contributed by atoms with Crippen LogP contribution >= 0.6 is 24.0 Å². The molecule has 154 valence electrons. The minimum atomic E-state index is -0.236. The molecule has 7 heteroatoms. The first kappa shape index (κ1) is 25.5.